The molecule has 1 aromatic carbocycles. The smallest absolute Gasteiger partial charge is 0.257 e. The van der Waals surface area contributed by atoms with Crippen molar-refractivity contribution in [2.75, 3.05) is 11.9 Å². The van der Waals surface area contributed by atoms with Gasteiger partial charge in [0, 0.05) is 35.6 Å². The molecule has 6 heteroatoms. The van der Waals surface area contributed by atoms with E-state index < -0.39 is 0 Å². The highest BCUT2D eigenvalue weighted by atomic mass is 19.1. The standard InChI is InChI=1S/C24H27FN4O/c1-4-18-7-5-6-12-29(18)24(30)20-14-26-23-19(10-8-16(3)27-23)22(20)28-21-11-9-17(25)13-15(21)2/h8-11,13-14,18H,4-7,12H2,1-3H3,(H,26,27,28)/t18-/m0/s1. The number of aryl methyl sites for hydroxylation is 2. The van der Waals surface area contributed by atoms with Crippen LogP contribution >= 0.6 is 0 Å². The van der Waals surface area contributed by atoms with Gasteiger partial charge in [0.15, 0.2) is 5.65 Å². The summed E-state index contributed by atoms with van der Waals surface area (Å²) >= 11 is 0. The number of nitrogens with one attached hydrogen (secondary N) is 1. The zero-order chi connectivity index (χ0) is 21.3. The molecule has 3 heterocycles. The van der Waals surface area contributed by atoms with Crippen LogP contribution in [0.15, 0.2) is 36.5 Å². The number of hydrogen-bond donors (Lipinski definition) is 1. The summed E-state index contributed by atoms with van der Waals surface area (Å²) in [7, 11) is 0. The Labute approximate surface area is 176 Å². The predicted octanol–water partition coefficient (Wildman–Crippen LogP) is 5.53. The SMILES string of the molecule is CC[C@H]1CCCCN1C(=O)c1cnc2nc(C)ccc2c1Nc1ccc(F)cc1C. The number of hydrogen-bond acceptors (Lipinski definition) is 4. The summed E-state index contributed by atoms with van der Waals surface area (Å²) < 4.78 is 13.6. The van der Waals surface area contributed by atoms with E-state index in [0.29, 0.717) is 16.9 Å². The van der Waals surface area contributed by atoms with Gasteiger partial charge in [-0.2, -0.15) is 0 Å². The Kier molecular flexibility index (Phi) is 5.66. The lowest BCUT2D eigenvalue weighted by atomic mass is 9.98. The number of amides is 1. The van der Waals surface area contributed by atoms with E-state index in [-0.39, 0.29) is 17.8 Å². The zero-order valence-corrected chi connectivity index (χ0v) is 17.7. The van der Waals surface area contributed by atoms with E-state index >= 15 is 0 Å². The fraction of sp³-hybridized carbons (Fsp3) is 0.375. The first-order valence-electron chi connectivity index (χ1n) is 10.6. The molecule has 1 aliphatic heterocycles. The Morgan fingerprint density at radius 3 is 2.83 bits per heavy atom. The highest BCUT2D eigenvalue weighted by Crippen LogP contribution is 2.32. The van der Waals surface area contributed by atoms with Crippen molar-refractivity contribution in [3.05, 3.63) is 59.2 Å². The van der Waals surface area contributed by atoms with Crippen molar-refractivity contribution >= 4 is 28.3 Å². The number of nitrogens with zero attached hydrogens (tertiary/aromatic N) is 3. The molecule has 5 nitrogen and oxygen atoms in total. The summed E-state index contributed by atoms with van der Waals surface area (Å²) in [5.74, 6) is -0.302. The molecule has 1 aliphatic rings. The van der Waals surface area contributed by atoms with Gasteiger partial charge in [-0.15, -0.1) is 0 Å². The monoisotopic (exact) mass is 406 g/mol. The molecule has 0 radical (unpaired) electrons. The first-order valence-corrected chi connectivity index (χ1v) is 10.6. The number of likely N-dealkylation sites (tertiary alicyclic amines) is 1. The minimum Gasteiger partial charge on any atom is -0.354 e. The summed E-state index contributed by atoms with van der Waals surface area (Å²) in [4.78, 5) is 24.6. The minimum atomic E-state index is -0.287. The van der Waals surface area contributed by atoms with Gasteiger partial charge in [-0.25, -0.2) is 14.4 Å². The number of rotatable bonds is 4. The average Bonchev–Trinajstić information content (AvgIpc) is 2.75. The van der Waals surface area contributed by atoms with E-state index in [9.17, 15) is 9.18 Å². The van der Waals surface area contributed by atoms with Crippen molar-refractivity contribution in [1.82, 2.24) is 14.9 Å². The van der Waals surface area contributed by atoms with Gasteiger partial charge in [-0.05, 0) is 75.4 Å². The highest BCUT2D eigenvalue weighted by molar-refractivity contribution is 6.07. The van der Waals surface area contributed by atoms with E-state index in [1.165, 1.54) is 12.1 Å². The molecule has 3 aromatic rings. The third kappa shape index (κ3) is 3.86. The van der Waals surface area contributed by atoms with E-state index in [1.54, 1.807) is 12.3 Å². The van der Waals surface area contributed by atoms with Gasteiger partial charge < -0.3 is 10.2 Å². The second-order valence-electron chi connectivity index (χ2n) is 8.01. The van der Waals surface area contributed by atoms with Crippen molar-refractivity contribution in [3.8, 4) is 0 Å². The van der Waals surface area contributed by atoms with Crippen molar-refractivity contribution in [2.24, 2.45) is 0 Å². The van der Waals surface area contributed by atoms with E-state index in [0.717, 1.165) is 54.6 Å². The van der Waals surface area contributed by atoms with Gasteiger partial charge in [0.05, 0.1) is 11.3 Å². The molecule has 1 N–H and O–H groups in total. The molecule has 30 heavy (non-hydrogen) atoms. The molecular formula is C24H27FN4O. The Hall–Kier alpha value is -3.02. The molecule has 0 bridgehead atoms. The number of halogens is 1. The third-order valence-electron chi connectivity index (χ3n) is 5.91. The van der Waals surface area contributed by atoms with Crippen molar-refractivity contribution in [1.29, 1.82) is 0 Å². The quantitative estimate of drug-likeness (QED) is 0.619. The number of fused-ring (bicyclic) bond motifs is 1. The number of anilines is 2. The molecular weight excluding hydrogens is 379 g/mol. The molecule has 1 amide bonds. The first kappa shape index (κ1) is 20.3. The summed E-state index contributed by atoms with van der Waals surface area (Å²) in [5.41, 5.74) is 4.16. The van der Waals surface area contributed by atoms with Gasteiger partial charge in [-0.1, -0.05) is 6.92 Å². The van der Waals surface area contributed by atoms with Crippen LogP contribution in [0.25, 0.3) is 11.0 Å². The van der Waals surface area contributed by atoms with Gasteiger partial charge in [0.1, 0.15) is 5.82 Å². The number of piperidine rings is 1. The lowest BCUT2D eigenvalue weighted by Gasteiger charge is -2.35. The molecule has 4 rings (SSSR count). The number of aromatic nitrogens is 2. The van der Waals surface area contributed by atoms with Crippen LogP contribution in [0.1, 0.15) is 54.2 Å². The Morgan fingerprint density at radius 2 is 2.07 bits per heavy atom. The summed E-state index contributed by atoms with van der Waals surface area (Å²) in [5, 5.41) is 4.17. The number of benzene rings is 1. The van der Waals surface area contributed by atoms with E-state index in [2.05, 4.69) is 22.2 Å². The Bertz CT molecular complexity index is 1100. The average molecular weight is 407 g/mol. The van der Waals surface area contributed by atoms with Crippen LogP contribution in [-0.2, 0) is 0 Å². The lowest BCUT2D eigenvalue weighted by Crippen LogP contribution is -2.43. The van der Waals surface area contributed by atoms with Crippen LogP contribution in [-0.4, -0.2) is 33.4 Å². The first-order chi connectivity index (χ1) is 14.5. The fourth-order valence-corrected chi connectivity index (χ4v) is 4.22. The van der Waals surface area contributed by atoms with Crippen molar-refractivity contribution < 1.29 is 9.18 Å². The molecule has 1 atom stereocenters. The van der Waals surface area contributed by atoms with Gasteiger partial charge in [-0.3, -0.25) is 4.79 Å². The van der Waals surface area contributed by atoms with Gasteiger partial charge in [0.2, 0.25) is 0 Å². The zero-order valence-electron chi connectivity index (χ0n) is 17.7. The van der Waals surface area contributed by atoms with E-state index in [1.807, 2.05) is 30.9 Å². The van der Waals surface area contributed by atoms with Gasteiger partial charge >= 0.3 is 0 Å². The van der Waals surface area contributed by atoms with Crippen LogP contribution in [0.2, 0.25) is 0 Å². The van der Waals surface area contributed by atoms with E-state index in [4.69, 9.17) is 0 Å². The molecule has 0 spiro atoms. The summed E-state index contributed by atoms with van der Waals surface area (Å²) in [6.07, 6.45) is 5.77. The second-order valence-corrected chi connectivity index (χ2v) is 8.01. The van der Waals surface area contributed by atoms with Crippen LogP contribution in [0.3, 0.4) is 0 Å². The highest BCUT2D eigenvalue weighted by Gasteiger charge is 2.29. The molecule has 0 saturated carbocycles. The molecule has 0 aliphatic carbocycles. The lowest BCUT2D eigenvalue weighted by molar-refractivity contribution is 0.0609. The van der Waals surface area contributed by atoms with Crippen LogP contribution in [0.5, 0.6) is 0 Å². The fourth-order valence-electron chi connectivity index (χ4n) is 4.22. The number of carbonyl (C=O) groups excluding carboxylic acids is 1. The molecule has 2 aromatic heterocycles. The maximum atomic E-state index is 13.6. The largest absolute Gasteiger partial charge is 0.354 e. The summed E-state index contributed by atoms with van der Waals surface area (Å²) in [6, 6.07) is 8.70. The van der Waals surface area contributed by atoms with Gasteiger partial charge in [0.25, 0.3) is 5.91 Å². The minimum absolute atomic E-state index is 0.0150. The number of carbonyl (C=O) groups is 1. The molecule has 1 fully saturated rings. The van der Waals surface area contributed by atoms with Crippen molar-refractivity contribution in [3.63, 3.8) is 0 Å². The summed E-state index contributed by atoms with van der Waals surface area (Å²) in [6.45, 7) is 6.65. The number of pyridine rings is 2. The Balaban J connectivity index is 1.83. The van der Waals surface area contributed by atoms with Crippen LogP contribution < -0.4 is 5.32 Å². The second kappa shape index (κ2) is 8.38. The van der Waals surface area contributed by atoms with Crippen molar-refractivity contribution in [2.45, 2.75) is 52.5 Å². The topological polar surface area (TPSA) is 58.1 Å². The third-order valence-corrected chi connectivity index (χ3v) is 5.91. The maximum absolute atomic E-state index is 13.6. The molecule has 0 unspecified atom stereocenters. The Morgan fingerprint density at radius 1 is 1.23 bits per heavy atom. The predicted molar refractivity (Wildman–Crippen MR) is 118 cm³/mol. The van der Waals surface area contributed by atoms with Crippen LogP contribution in [0, 0.1) is 19.7 Å². The molecule has 156 valence electrons. The van der Waals surface area contributed by atoms with Crippen LogP contribution in [0.4, 0.5) is 15.8 Å². The normalized spacial score (nSPS) is 16.7. The maximum Gasteiger partial charge on any atom is 0.257 e. The molecule has 1 saturated heterocycles.